The molecule has 7 nitrogen and oxygen atoms in total. The molecule has 0 saturated carbocycles. The lowest BCUT2D eigenvalue weighted by atomic mass is 10.2. The molecule has 2 N–H and O–H groups in total. The first kappa shape index (κ1) is 19.6. The van der Waals surface area contributed by atoms with E-state index in [1.54, 1.807) is 18.4 Å². The van der Waals surface area contributed by atoms with Gasteiger partial charge < -0.3 is 10.6 Å². The van der Waals surface area contributed by atoms with E-state index in [0.29, 0.717) is 25.6 Å². The fraction of sp³-hybridized carbons (Fsp3) is 0.444. The van der Waals surface area contributed by atoms with E-state index >= 15 is 0 Å². The molecule has 0 saturated heterocycles. The molecule has 0 spiro atoms. The number of thiazole rings is 1. The molecule has 0 fully saturated rings. The highest BCUT2D eigenvalue weighted by Crippen LogP contribution is 2.29. The van der Waals surface area contributed by atoms with Crippen LogP contribution in [-0.4, -0.2) is 51.8 Å². The van der Waals surface area contributed by atoms with Gasteiger partial charge in [0, 0.05) is 44.2 Å². The standard InChI is InChI=1S/C18H25N5O2S2/c1-14-13-22-17(26-14)7-9-20-18(19-2)21-10-12-27(24,25)23-11-8-15-5-3-4-6-16(15)23/h3-6,13H,7-12H2,1-2H3,(H2,19,20,21). The molecule has 2 heterocycles. The van der Waals surface area contributed by atoms with Gasteiger partial charge in [-0.3, -0.25) is 9.30 Å². The number of benzene rings is 1. The number of hydrogen-bond acceptors (Lipinski definition) is 5. The number of aliphatic imine (C=N–C) groups is 1. The number of hydrogen-bond donors (Lipinski definition) is 2. The van der Waals surface area contributed by atoms with Gasteiger partial charge in [-0.15, -0.1) is 11.3 Å². The summed E-state index contributed by atoms with van der Waals surface area (Å²) in [4.78, 5) is 9.67. The summed E-state index contributed by atoms with van der Waals surface area (Å²) in [6, 6.07) is 7.67. The van der Waals surface area contributed by atoms with Crippen LogP contribution in [0.1, 0.15) is 15.4 Å². The van der Waals surface area contributed by atoms with Crippen LogP contribution in [0, 0.1) is 6.92 Å². The molecule has 0 atom stereocenters. The number of para-hydroxylation sites is 1. The van der Waals surface area contributed by atoms with E-state index in [9.17, 15) is 8.42 Å². The molecule has 0 bridgehead atoms. The third kappa shape index (κ3) is 4.98. The van der Waals surface area contributed by atoms with Crippen molar-refractivity contribution in [3.05, 3.63) is 45.9 Å². The highest BCUT2D eigenvalue weighted by molar-refractivity contribution is 7.92. The van der Waals surface area contributed by atoms with Crippen molar-refractivity contribution >= 4 is 33.0 Å². The summed E-state index contributed by atoms with van der Waals surface area (Å²) in [6.45, 7) is 3.55. The number of rotatable bonds is 7. The summed E-state index contributed by atoms with van der Waals surface area (Å²) in [5.41, 5.74) is 1.89. The van der Waals surface area contributed by atoms with Crippen LogP contribution in [0.2, 0.25) is 0 Å². The minimum atomic E-state index is -3.36. The van der Waals surface area contributed by atoms with Gasteiger partial charge >= 0.3 is 0 Å². The van der Waals surface area contributed by atoms with Crippen LogP contribution in [0.15, 0.2) is 35.5 Å². The topological polar surface area (TPSA) is 86.7 Å². The number of sulfonamides is 1. The SMILES string of the molecule is CN=C(NCCc1ncc(C)s1)NCCS(=O)(=O)N1CCc2ccccc21. The lowest BCUT2D eigenvalue weighted by Gasteiger charge is -2.20. The Bertz CT molecular complexity index is 908. The van der Waals surface area contributed by atoms with E-state index in [-0.39, 0.29) is 5.75 Å². The van der Waals surface area contributed by atoms with E-state index < -0.39 is 10.0 Å². The first-order valence-corrected chi connectivity index (χ1v) is 11.4. The number of fused-ring (bicyclic) bond motifs is 1. The van der Waals surface area contributed by atoms with Gasteiger partial charge in [0.05, 0.1) is 16.4 Å². The van der Waals surface area contributed by atoms with Crippen molar-refractivity contribution in [1.29, 1.82) is 0 Å². The molecule has 0 unspecified atom stereocenters. The summed E-state index contributed by atoms with van der Waals surface area (Å²) in [6.07, 6.45) is 3.44. The van der Waals surface area contributed by atoms with Crippen molar-refractivity contribution in [2.45, 2.75) is 19.8 Å². The quantitative estimate of drug-likeness (QED) is 0.537. The highest BCUT2D eigenvalue weighted by Gasteiger charge is 2.28. The molecular formula is C18H25N5O2S2. The second kappa shape index (κ2) is 8.71. The maximum absolute atomic E-state index is 12.7. The maximum Gasteiger partial charge on any atom is 0.236 e. The van der Waals surface area contributed by atoms with Gasteiger partial charge in [-0.2, -0.15) is 0 Å². The monoisotopic (exact) mass is 407 g/mol. The Morgan fingerprint density at radius 3 is 2.81 bits per heavy atom. The number of aryl methyl sites for hydroxylation is 1. The molecule has 1 aromatic carbocycles. The van der Waals surface area contributed by atoms with Crippen molar-refractivity contribution < 1.29 is 8.42 Å². The summed E-state index contributed by atoms with van der Waals surface area (Å²) >= 11 is 1.68. The molecule has 27 heavy (non-hydrogen) atoms. The number of anilines is 1. The minimum absolute atomic E-state index is 0.0215. The largest absolute Gasteiger partial charge is 0.356 e. The molecule has 146 valence electrons. The first-order chi connectivity index (χ1) is 13.0. The predicted octanol–water partition coefficient (Wildman–Crippen LogP) is 1.55. The normalized spacial score (nSPS) is 14.3. The van der Waals surface area contributed by atoms with Gasteiger partial charge in [0.1, 0.15) is 0 Å². The van der Waals surface area contributed by atoms with Crippen LogP contribution in [0.4, 0.5) is 5.69 Å². The Morgan fingerprint density at radius 1 is 1.30 bits per heavy atom. The zero-order chi connectivity index (χ0) is 19.3. The zero-order valence-corrected chi connectivity index (χ0v) is 17.2. The van der Waals surface area contributed by atoms with Crippen molar-refractivity contribution in [2.24, 2.45) is 4.99 Å². The van der Waals surface area contributed by atoms with E-state index in [1.807, 2.05) is 37.4 Å². The Morgan fingerprint density at radius 2 is 2.07 bits per heavy atom. The second-order valence-electron chi connectivity index (χ2n) is 6.31. The van der Waals surface area contributed by atoms with E-state index in [1.165, 1.54) is 9.18 Å². The number of aromatic nitrogens is 1. The average Bonchev–Trinajstić information content (AvgIpc) is 3.26. The van der Waals surface area contributed by atoms with Crippen LogP contribution < -0.4 is 14.9 Å². The van der Waals surface area contributed by atoms with Crippen molar-refractivity contribution in [2.75, 3.05) is 36.7 Å². The second-order valence-corrected chi connectivity index (χ2v) is 9.64. The number of nitrogens with one attached hydrogen (secondary N) is 2. The molecule has 0 aliphatic carbocycles. The third-order valence-electron chi connectivity index (χ3n) is 4.36. The molecule has 0 radical (unpaired) electrons. The molecule has 0 amide bonds. The Labute approximate surface area is 164 Å². The average molecular weight is 408 g/mol. The van der Waals surface area contributed by atoms with E-state index in [2.05, 4.69) is 20.6 Å². The zero-order valence-electron chi connectivity index (χ0n) is 15.6. The van der Waals surface area contributed by atoms with Crippen molar-refractivity contribution in [1.82, 2.24) is 15.6 Å². The smallest absolute Gasteiger partial charge is 0.236 e. The first-order valence-electron chi connectivity index (χ1n) is 8.94. The number of nitrogens with zero attached hydrogens (tertiary/aromatic N) is 3. The summed E-state index contributed by atoms with van der Waals surface area (Å²) < 4.78 is 26.9. The molecular weight excluding hydrogens is 382 g/mol. The van der Waals surface area contributed by atoms with E-state index in [4.69, 9.17) is 0 Å². The van der Waals surface area contributed by atoms with Gasteiger partial charge in [-0.25, -0.2) is 13.4 Å². The van der Waals surface area contributed by atoms with Gasteiger partial charge in [0.15, 0.2) is 5.96 Å². The van der Waals surface area contributed by atoms with Gasteiger partial charge in [0.25, 0.3) is 0 Å². The lowest BCUT2D eigenvalue weighted by molar-refractivity contribution is 0.591. The van der Waals surface area contributed by atoms with Crippen LogP contribution in [0.25, 0.3) is 0 Å². The fourth-order valence-corrected chi connectivity index (χ4v) is 5.25. The molecule has 1 aromatic heterocycles. The predicted molar refractivity (Wildman–Crippen MR) is 111 cm³/mol. The Balaban J connectivity index is 1.46. The van der Waals surface area contributed by atoms with Crippen LogP contribution in [0.3, 0.4) is 0 Å². The van der Waals surface area contributed by atoms with Gasteiger partial charge in [0.2, 0.25) is 10.0 Å². The Hall–Kier alpha value is -2.13. The van der Waals surface area contributed by atoms with Gasteiger partial charge in [-0.1, -0.05) is 18.2 Å². The molecule has 9 heteroatoms. The minimum Gasteiger partial charge on any atom is -0.356 e. The van der Waals surface area contributed by atoms with E-state index in [0.717, 1.165) is 29.1 Å². The summed E-state index contributed by atoms with van der Waals surface area (Å²) in [5, 5.41) is 7.35. The summed E-state index contributed by atoms with van der Waals surface area (Å²) in [7, 11) is -1.68. The van der Waals surface area contributed by atoms with Crippen LogP contribution in [-0.2, 0) is 22.9 Å². The highest BCUT2D eigenvalue weighted by atomic mass is 32.2. The third-order valence-corrected chi connectivity index (χ3v) is 7.10. The number of guanidine groups is 1. The molecule has 1 aliphatic rings. The van der Waals surface area contributed by atoms with Crippen molar-refractivity contribution in [3.63, 3.8) is 0 Å². The lowest BCUT2D eigenvalue weighted by Crippen LogP contribution is -2.42. The summed E-state index contributed by atoms with van der Waals surface area (Å²) in [5.74, 6) is 0.619. The molecule has 3 rings (SSSR count). The van der Waals surface area contributed by atoms with Crippen LogP contribution in [0.5, 0.6) is 0 Å². The fourth-order valence-electron chi connectivity index (χ4n) is 3.03. The van der Waals surface area contributed by atoms with Crippen molar-refractivity contribution in [3.8, 4) is 0 Å². The van der Waals surface area contributed by atoms with Crippen LogP contribution >= 0.6 is 11.3 Å². The molecule has 1 aliphatic heterocycles. The maximum atomic E-state index is 12.7. The molecule has 2 aromatic rings. The van der Waals surface area contributed by atoms with Gasteiger partial charge in [-0.05, 0) is 25.0 Å². The Kier molecular flexibility index (Phi) is 6.33.